The van der Waals surface area contributed by atoms with Gasteiger partial charge >= 0.3 is 0 Å². The van der Waals surface area contributed by atoms with Crippen LogP contribution in [0.15, 0.2) is 48.5 Å². The first kappa shape index (κ1) is 24.6. The van der Waals surface area contributed by atoms with Gasteiger partial charge in [-0.15, -0.1) is 0 Å². The molecular weight excluding hydrogens is 442 g/mol. The Morgan fingerprint density at radius 3 is 2.06 bits per heavy atom. The number of carbonyl (C=O) groups is 4. The van der Waals surface area contributed by atoms with E-state index in [1.807, 2.05) is 31.2 Å². The van der Waals surface area contributed by atoms with Gasteiger partial charge in [-0.05, 0) is 47.6 Å². The van der Waals surface area contributed by atoms with Gasteiger partial charge in [0.1, 0.15) is 6.04 Å². The molecule has 1 aliphatic heterocycles. The first-order valence-electron chi connectivity index (χ1n) is 11.9. The van der Waals surface area contributed by atoms with E-state index in [1.54, 1.807) is 29.2 Å². The highest BCUT2D eigenvalue weighted by Gasteiger charge is 2.69. The number of carbonyl (C=O) groups excluding carboxylic acids is 4. The predicted octanol–water partition coefficient (Wildman–Crippen LogP) is 4.30. The molecule has 1 atom stereocenters. The van der Waals surface area contributed by atoms with Crippen molar-refractivity contribution in [2.75, 3.05) is 10.2 Å². The quantitative estimate of drug-likeness (QED) is 0.631. The average Bonchev–Trinajstić information content (AvgIpc) is 3.01. The van der Waals surface area contributed by atoms with Gasteiger partial charge in [0.05, 0.1) is 12.1 Å². The van der Waals surface area contributed by atoms with Gasteiger partial charge in [-0.3, -0.25) is 19.2 Å². The lowest BCUT2D eigenvalue weighted by atomic mass is 10.0. The molecule has 0 spiro atoms. The molecule has 1 saturated heterocycles. The minimum Gasteiger partial charge on any atom is -0.326 e. The molecule has 2 aliphatic rings. The van der Waals surface area contributed by atoms with E-state index < -0.39 is 11.9 Å². The van der Waals surface area contributed by atoms with Crippen molar-refractivity contribution in [2.24, 2.45) is 16.7 Å². The van der Waals surface area contributed by atoms with Gasteiger partial charge in [0.15, 0.2) is 0 Å². The van der Waals surface area contributed by atoms with Crippen LogP contribution in [0.4, 0.5) is 11.4 Å². The summed E-state index contributed by atoms with van der Waals surface area (Å²) >= 11 is 0. The molecule has 2 fully saturated rings. The van der Waals surface area contributed by atoms with Gasteiger partial charge in [-0.25, -0.2) is 4.90 Å². The lowest BCUT2D eigenvalue weighted by molar-refractivity contribution is -0.141. The van der Waals surface area contributed by atoms with E-state index in [0.29, 0.717) is 11.4 Å². The fourth-order valence-corrected chi connectivity index (χ4v) is 5.24. The minimum absolute atomic E-state index is 0.0581. The topological polar surface area (TPSA) is 86.8 Å². The minimum atomic E-state index is -0.862. The van der Waals surface area contributed by atoms with E-state index in [-0.39, 0.29) is 47.4 Å². The molecule has 4 amide bonds. The fourth-order valence-electron chi connectivity index (χ4n) is 5.24. The number of amides is 4. The van der Waals surface area contributed by atoms with Crippen LogP contribution in [0.2, 0.25) is 0 Å². The van der Waals surface area contributed by atoms with E-state index >= 15 is 0 Å². The van der Waals surface area contributed by atoms with Crippen LogP contribution in [0.1, 0.15) is 52.2 Å². The molecule has 4 rings (SSSR count). The maximum atomic E-state index is 13.8. The number of nitrogens with zero attached hydrogens (tertiary/aromatic N) is 2. The van der Waals surface area contributed by atoms with Crippen molar-refractivity contribution < 1.29 is 19.2 Å². The van der Waals surface area contributed by atoms with E-state index in [9.17, 15) is 19.2 Å². The monoisotopic (exact) mass is 475 g/mol. The number of nitrogens with one attached hydrogen (secondary N) is 1. The van der Waals surface area contributed by atoms with Crippen LogP contribution < -0.4 is 10.2 Å². The second kappa shape index (κ2) is 8.63. The number of anilines is 2. The molecule has 0 aromatic heterocycles. The van der Waals surface area contributed by atoms with Crippen LogP contribution in [0, 0.1) is 23.7 Å². The van der Waals surface area contributed by atoms with Gasteiger partial charge in [-0.2, -0.15) is 0 Å². The molecule has 2 aromatic rings. The highest BCUT2D eigenvalue weighted by Crippen LogP contribution is 2.69. The van der Waals surface area contributed by atoms with Gasteiger partial charge in [0.25, 0.3) is 5.91 Å². The van der Waals surface area contributed by atoms with Gasteiger partial charge in [-0.1, -0.05) is 57.5 Å². The number of rotatable bonds is 6. The Morgan fingerprint density at radius 1 is 0.971 bits per heavy atom. The Balaban J connectivity index is 1.63. The molecule has 1 N–H and O–H groups in total. The first-order valence-corrected chi connectivity index (χ1v) is 11.9. The zero-order valence-corrected chi connectivity index (χ0v) is 21.2. The standard InChI is InChI=1S/C28H33N3O4/c1-17-7-9-19(10-8-17)16-30(26(35)24-27(3,4)28(24,5)6)22-15-23(33)31(25(22)34)21-13-11-20(12-14-21)29-18(2)32/h7-14,22,24H,15-16H2,1-6H3,(H,29,32). The van der Waals surface area contributed by atoms with Crippen LogP contribution in [0.3, 0.4) is 0 Å². The SMILES string of the molecule is CC(=O)Nc1ccc(N2C(=O)CC(N(Cc3ccc(C)cc3)C(=O)C3C(C)(C)C3(C)C)C2=O)cc1. The van der Waals surface area contributed by atoms with Crippen LogP contribution in [-0.2, 0) is 25.7 Å². The van der Waals surface area contributed by atoms with E-state index in [0.717, 1.165) is 16.0 Å². The third-order valence-corrected chi connectivity index (χ3v) is 7.97. The van der Waals surface area contributed by atoms with E-state index in [4.69, 9.17) is 0 Å². The van der Waals surface area contributed by atoms with Crippen molar-refractivity contribution in [1.82, 2.24) is 4.90 Å². The molecule has 1 saturated carbocycles. The zero-order chi connectivity index (χ0) is 25.7. The summed E-state index contributed by atoms with van der Waals surface area (Å²) in [5.41, 5.74) is 2.63. The number of imide groups is 1. The summed E-state index contributed by atoms with van der Waals surface area (Å²) < 4.78 is 0. The third kappa shape index (κ3) is 4.35. The number of hydrogen-bond donors (Lipinski definition) is 1. The Bertz CT molecular complexity index is 1170. The highest BCUT2D eigenvalue weighted by molar-refractivity contribution is 6.23. The summed E-state index contributed by atoms with van der Waals surface area (Å²) in [6.45, 7) is 12.0. The maximum Gasteiger partial charge on any atom is 0.257 e. The molecule has 0 bridgehead atoms. The lowest BCUT2D eigenvalue weighted by Gasteiger charge is -2.29. The lowest BCUT2D eigenvalue weighted by Crippen LogP contribution is -2.46. The molecular formula is C28H33N3O4. The largest absolute Gasteiger partial charge is 0.326 e. The second-order valence-corrected chi connectivity index (χ2v) is 10.8. The summed E-state index contributed by atoms with van der Waals surface area (Å²) in [6.07, 6.45) is -0.0581. The summed E-state index contributed by atoms with van der Waals surface area (Å²) in [7, 11) is 0. The van der Waals surface area contributed by atoms with E-state index in [1.165, 1.54) is 6.92 Å². The van der Waals surface area contributed by atoms with Gasteiger partial charge in [0.2, 0.25) is 17.7 Å². The fraction of sp³-hybridized carbons (Fsp3) is 0.429. The molecule has 184 valence electrons. The average molecular weight is 476 g/mol. The van der Waals surface area contributed by atoms with Crippen molar-refractivity contribution in [1.29, 1.82) is 0 Å². The molecule has 35 heavy (non-hydrogen) atoms. The predicted molar refractivity (Wildman–Crippen MR) is 134 cm³/mol. The van der Waals surface area contributed by atoms with Gasteiger partial charge in [0, 0.05) is 25.1 Å². The molecule has 2 aromatic carbocycles. The molecule has 7 heteroatoms. The van der Waals surface area contributed by atoms with Crippen molar-refractivity contribution in [3.8, 4) is 0 Å². The maximum absolute atomic E-state index is 13.8. The van der Waals surface area contributed by atoms with Gasteiger partial charge < -0.3 is 10.2 Å². The molecule has 1 heterocycles. The number of benzene rings is 2. The third-order valence-electron chi connectivity index (χ3n) is 7.97. The Kier molecular flexibility index (Phi) is 6.07. The first-order chi connectivity index (χ1) is 16.3. The number of hydrogen-bond acceptors (Lipinski definition) is 4. The normalized spacial score (nSPS) is 20.6. The Morgan fingerprint density at radius 2 is 1.54 bits per heavy atom. The van der Waals surface area contributed by atoms with Crippen LogP contribution in [0.5, 0.6) is 0 Å². The van der Waals surface area contributed by atoms with Crippen LogP contribution in [-0.4, -0.2) is 34.6 Å². The van der Waals surface area contributed by atoms with Crippen molar-refractivity contribution in [3.05, 3.63) is 59.7 Å². The summed E-state index contributed by atoms with van der Waals surface area (Å²) in [4.78, 5) is 54.5. The molecule has 0 radical (unpaired) electrons. The zero-order valence-electron chi connectivity index (χ0n) is 21.2. The van der Waals surface area contributed by atoms with Crippen molar-refractivity contribution >= 4 is 35.0 Å². The van der Waals surface area contributed by atoms with Crippen LogP contribution in [0.25, 0.3) is 0 Å². The number of aryl methyl sites for hydroxylation is 1. The van der Waals surface area contributed by atoms with Crippen molar-refractivity contribution in [2.45, 2.75) is 60.5 Å². The van der Waals surface area contributed by atoms with E-state index in [2.05, 4.69) is 33.0 Å². The second-order valence-electron chi connectivity index (χ2n) is 10.8. The summed E-state index contributed by atoms with van der Waals surface area (Å²) in [5.74, 6) is -1.27. The molecule has 1 aliphatic carbocycles. The molecule has 1 unspecified atom stereocenters. The highest BCUT2D eigenvalue weighted by atomic mass is 16.2. The summed E-state index contributed by atoms with van der Waals surface area (Å²) in [6, 6.07) is 13.6. The Hall–Kier alpha value is -3.48. The Labute approximate surface area is 206 Å². The van der Waals surface area contributed by atoms with Crippen molar-refractivity contribution in [3.63, 3.8) is 0 Å². The summed E-state index contributed by atoms with van der Waals surface area (Å²) in [5, 5.41) is 2.67. The van der Waals surface area contributed by atoms with Crippen LogP contribution >= 0.6 is 0 Å². The smallest absolute Gasteiger partial charge is 0.257 e. The molecule has 7 nitrogen and oxygen atoms in total.